The topological polar surface area (TPSA) is 123 Å². The van der Waals surface area contributed by atoms with E-state index in [1.54, 1.807) is 16.7 Å². The molecule has 0 radical (unpaired) electrons. The summed E-state index contributed by atoms with van der Waals surface area (Å²) in [6, 6.07) is 1.73. The molecule has 4 fully saturated rings. The lowest BCUT2D eigenvalue weighted by molar-refractivity contribution is -0.139. The molecule has 6 unspecified atom stereocenters. The number of thioether (sulfide) groups is 1. The number of nitrogens with one attached hydrogen (secondary N) is 2. The van der Waals surface area contributed by atoms with Crippen molar-refractivity contribution < 1.29 is 18.0 Å². The largest absolute Gasteiger partial charge is 0.326 e. The first-order valence-electron chi connectivity index (χ1n) is 10.5. The molecule has 2 heterocycles. The number of urea groups is 1. The molecule has 0 aromatic heterocycles. The third-order valence-electron chi connectivity index (χ3n) is 6.90. The van der Waals surface area contributed by atoms with Crippen molar-refractivity contribution in [3.05, 3.63) is 0 Å². The zero-order valence-corrected chi connectivity index (χ0v) is 19.1. The highest BCUT2D eigenvalue weighted by Crippen LogP contribution is 2.40. The number of nitrogens with zero attached hydrogens (tertiary/aromatic N) is 3. The van der Waals surface area contributed by atoms with Crippen LogP contribution >= 0.6 is 11.8 Å². The van der Waals surface area contributed by atoms with E-state index in [1.807, 2.05) is 0 Å². The Morgan fingerprint density at radius 1 is 1.30 bits per heavy atom. The Morgan fingerprint density at radius 2 is 2.00 bits per heavy atom. The standard InChI is InChI=1S/C19H29N5O4S2/c1-11-16(29-12(2)21-11)9-24-15-5-4-13(8-14(15)17(25)23(3)18(24)26)30(27,28)22-19(10-20)6-7-19/h11-16,21-22H,4-9H2,1-3H3. The fourth-order valence-electron chi connectivity index (χ4n) is 4.94. The Morgan fingerprint density at radius 3 is 2.57 bits per heavy atom. The molecular weight excluding hydrogens is 426 g/mol. The molecule has 166 valence electrons. The fraction of sp³-hybridized carbons (Fsp3) is 0.842. The molecule has 0 bridgehead atoms. The number of amides is 3. The number of imide groups is 1. The van der Waals surface area contributed by atoms with Gasteiger partial charge in [-0.1, -0.05) is 0 Å². The Bertz CT molecular complexity index is 884. The second-order valence-electron chi connectivity index (χ2n) is 9.05. The summed E-state index contributed by atoms with van der Waals surface area (Å²) < 4.78 is 28.3. The predicted octanol–water partition coefficient (Wildman–Crippen LogP) is 0.833. The van der Waals surface area contributed by atoms with Crippen molar-refractivity contribution in [3.63, 3.8) is 0 Å². The monoisotopic (exact) mass is 455 g/mol. The van der Waals surface area contributed by atoms with Gasteiger partial charge in [0.15, 0.2) is 0 Å². The number of carbonyl (C=O) groups excluding carboxylic acids is 2. The molecule has 2 saturated heterocycles. The highest BCUT2D eigenvalue weighted by atomic mass is 32.2. The van der Waals surface area contributed by atoms with Crippen molar-refractivity contribution in [1.29, 1.82) is 5.26 Å². The summed E-state index contributed by atoms with van der Waals surface area (Å²) in [5.41, 5.74) is -0.968. The highest BCUT2D eigenvalue weighted by molar-refractivity contribution is 8.00. The van der Waals surface area contributed by atoms with Crippen LogP contribution < -0.4 is 10.0 Å². The van der Waals surface area contributed by atoms with Crippen molar-refractivity contribution >= 4 is 33.7 Å². The first-order chi connectivity index (χ1) is 14.1. The van der Waals surface area contributed by atoms with Gasteiger partial charge in [-0.15, -0.1) is 11.8 Å². The van der Waals surface area contributed by atoms with Crippen LogP contribution in [0.4, 0.5) is 4.79 Å². The summed E-state index contributed by atoms with van der Waals surface area (Å²) in [6.45, 7) is 4.72. The summed E-state index contributed by atoms with van der Waals surface area (Å²) in [7, 11) is -2.23. The third-order valence-corrected chi connectivity index (χ3v) is 10.3. The molecule has 2 aliphatic carbocycles. The minimum Gasteiger partial charge on any atom is -0.319 e. The summed E-state index contributed by atoms with van der Waals surface area (Å²) in [6.07, 6.45) is 2.07. The van der Waals surface area contributed by atoms with Crippen LogP contribution in [0.15, 0.2) is 0 Å². The third kappa shape index (κ3) is 3.83. The molecule has 0 aromatic rings. The van der Waals surface area contributed by atoms with E-state index >= 15 is 0 Å². The molecule has 0 aromatic carbocycles. The van der Waals surface area contributed by atoms with Gasteiger partial charge in [0, 0.05) is 30.9 Å². The van der Waals surface area contributed by atoms with E-state index < -0.39 is 26.7 Å². The maximum atomic E-state index is 12.9. The van der Waals surface area contributed by atoms with Crippen LogP contribution in [0, 0.1) is 17.2 Å². The molecule has 4 aliphatic rings. The maximum absolute atomic E-state index is 12.9. The first kappa shape index (κ1) is 21.9. The van der Waals surface area contributed by atoms with Crippen LogP contribution in [0.2, 0.25) is 0 Å². The molecule has 9 nitrogen and oxygen atoms in total. The average molecular weight is 456 g/mol. The Kier molecular flexibility index (Phi) is 5.58. The number of hydrogen-bond acceptors (Lipinski definition) is 7. The smallest absolute Gasteiger partial charge is 0.319 e. The van der Waals surface area contributed by atoms with E-state index in [-0.39, 0.29) is 35.7 Å². The number of fused-ring (bicyclic) bond motifs is 1. The molecule has 4 rings (SSSR count). The van der Waals surface area contributed by atoms with Gasteiger partial charge < -0.3 is 10.2 Å². The molecule has 2 saturated carbocycles. The lowest BCUT2D eigenvalue weighted by Crippen LogP contribution is -2.64. The summed E-state index contributed by atoms with van der Waals surface area (Å²) >= 11 is 1.79. The van der Waals surface area contributed by atoms with Crippen LogP contribution in [0.5, 0.6) is 0 Å². The van der Waals surface area contributed by atoms with Crippen LogP contribution in [0.3, 0.4) is 0 Å². The zero-order chi connectivity index (χ0) is 21.8. The molecule has 0 spiro atoms. The second-order valence-corrected chi connectivity index (χ2v) is 12.6. The molecule has 2 N–H and O–H groups in total. The SMILES string of the molecule is CC1NC(C)C(CN2C(=O)N(C)C(=O)C3CC(S(=O)(=O)NC4(C#N)CC4)CCC32)S1. The van der Waals surface area contributed by atoms with Crippen molar-refractivity contribution in [2.24, 2.45) is 5.92 Å². The number of rotatable bonds is 5. The van der Waals surface area contributed by atoms with Crippen molar-refractivity contribution in [3.8, 4) is 6.07 Å². The Labute approximate surface area is 182 Å². The molecule has 30 heavy (non-hydrogen) atoms. The van der Waals surface area contributed by atoms with Crippen LogP contribution in [-0.4, -0.2) is 77.2 Å². The fourth-order valence-corrected chi connectivity index (χ4v) is 8.18. The van der Waals surface area contributed by atoms with Crippen LogP contribution in [0.25, 0.3) is 0 Å². The molecule has 2 aliphatic heterocycles. The van der Waals surface area contributed by atoms with E-state index in [2.05, 4.69) is 30.0 Å². The highest BCUT2D eigenvalue weighted by Gasteiger charge is 2.53. The second kappa shape index (κ2) is 7.65. The van der Waals surface area contributed by atoms with Crippen molar-refractivity contribution in [2.45, 2.75) is 79.4 Å². The molecular formula is C19H29N5O4S2. The maximum Gasteiger partial charge on any atom is 0.326 e. The van der Waals surface area contributed by atoms with Crippen LogP contribution in [-0.2, 0) is 14.8 Å². The predicted molar refractivity (Wildman–Crippen MR) is 113 cm³/mol. The van der Waals surface area contributed by atoms with E-state index in [1.165, 1.54) is 7.05 Å². The quantitative estimate of drug-likeness (QED) is 0.629. The van der Waals surface area contributed by atoms with E-state index in [0.717, 1.165) is 4.90 Å². The lowest BCUT2D eigenvalue weighted by Gasteiger charge is -2.48. The van der Waals surface area contributed by atoms with Gasteiger partial charge in [-0.3, -0.25) is 9.69 Å². The van der Waals surface area contributed by atoms with Gasteiger partial charge >= 0.3 is 6.03 Å². The Hall–Kier alpha value is -1.35. The number of sulfonamides is 1. The van der Waals surface area contributed by atoms with Crippen molar-refractivity contribution in [2.75, 3.05) is 13.6 Å². The van der Waals surface area contributed by atoms with Gasteiger partial charge in [-0.05, 0) is 46.0 Å². The minimum absolute atomic E-state index is 0.177. The van der Waals surface area contributed by atoms with Gasteiger partial charge in [-0.25, -0.2) is 13.2 Å². The number of hydrogen-bond donors (Lipinski definition) is 2. The number of carbonyl (C=O) groups is 2. The summed E-state index contributed by atoms with van der Waals surface area (Å²) in [5.74, 6) is -0.839. The van der Waals surface area contributed by atoms with Gasteiger partial charge in [0.2, 0.25) is 15.9 Å². The van der Waals surface area contributed by atoms with Crippen molar-refractivity contribution in [1.82, 2.24) is 19.8 Å². The first-order valence-corrected chi connectivity index (χ1v) is 13.0. The van der Waals surface area contributed by atoms with Crippen LogP contribution in [0.1, 0.15) is 46.0 Å². The van der Waals surface area contributed by atoms with Gasteiger partial charge in [0.25, 0.3) is 0 Å². The number of nitriles is 1. The lowest BCUT2D eigenvalue weighted by atomic mass is 9.80. The summed E-state index contributed by atoms with van der Waals surface area (Å²) in [5, 5.41) is 12.5. The Balaban J connectivity index is 1.51. The normalized spacial score (nSPS) is 38.3. The summed E-state index contributed by atoms with van der Waals surface area (Å²) in [4.78, 5) is 28.7. The molecule has 3 amide bonds. The minimum atomic E-state index is -3.71. The van der Waals surface area contributed by atoms with Gasteiger partial charge in [0.1, 0.15) is 5.54 Å². The van der Waals surface area contributed by atoms with Gasteiger partial charge in [-0.2, -0.15) is 9.98 Å². The zero-order valence-electron chi connectivity index (χ0n) is 17.5. The van der Waals surface area contributed by atoms with E-state index in [4.69, 9.17) is 0 Å². The van der Waals surface area contributed by atoms with Gasteiger partial charge in [0.05, 0.1) is 22.6 Å². The average Bonchev–Trinajstić information content (AvgIpc) is 3.39. The molecule has 11 heteroatoms. The van der Waals surface area contributed by atoms with E-state index in [0.29, 0.717) is 37.6 Å². The molecule has 6 atom stereocenters. The van der Waals surface area contributed by atoms with E-state index in [9.17, 15) is 23.3 Å².